The molecule has 1 amide bonds. The van der Waals surface area contributed by atoms with Gasteiger partial charge in [-0.3, -0.25) is 9.69 Å². The van der Waals surface area contributed by atoms with Crippen LogP contribution in [0, 0.1) is 0 Å². The summed E-state index contributed by atoms with van der Waals surface area (Å²) in [6.07, 6.45) is 5.13. The van der Waals surface area contributed by atoms with E-state index >= 15 is 0 Å². The first-order valence-electron chi connectivity index (χ1n) is 11.2. The number of carbonyl (C=O) groups is 1. The summed E-state index contributed by atoms with van der Waals surface area (Å²) in [6.45, 7) is 6.87. The van der Waals surface area contributed by atoms with Crippen molar-refractivity contribution in [2.75, 3.05) is 52.3 Å². The molecule has 31 heavy (non-hydrogen) atoms. The lowest BCUT2D eigenvalue weighted by Crippen LogP contribution is -2.43. The van der Waals surface area contributed by atoms with Gasteiger partial charge in [0.15, 0.2) is 0 Å². The number of nitrogens with zero attached hydrogens (tertiary/aromatic N) is 5. The molecule has 1 fully saturated rings. The van der Waals surface area contributed by atoms with Crippen LogP contribution >= 0.6 is 0 Å². The Labute approximate surface area is 186 Å². The van der Waals surface area contributed by atoms with Crippen molar-refractivity contribution in [3.05, 3.63) is 36.2 Å². The number of ether oxygens (including phenoxy) is 1. The van der Waals surface area contributed by atoms with E-state index in [9.17, 15) is 4.79 Å². The molecule has 1 aliphatic rings. The number of hydrogen-bond donors (Lipinski definition) is 0. The summed E-state index contributed by atoms with van der Waals surface area (Å²) >= 11 is 0. The van der Waals surface area contributed by atoms with Crippen LogP contribution in [0.5, 0.6) is 5.75 Å². The summed E-state index contributed by atoms with van der Waals surface area (Å²) < 4.78 is 5.32. The molecule has 2 heterocycles. The minimum Gasteiger partial charge on any atom is -0.497 e. The molecule has 1 aromatic carbocycles. The summed E-state index contributed by atoms with van der Waals surface area (Å²) in [7, 11) is 5.58. The number of anilines is 1. The molecule has 7 nitrogen and oxygen atoms in total. The van der Waals surface area contributed by atoms with Gasteiger partial charge >= 0.3 is 0 Å². The predicted octanol–water partition coefficient (Wildman–Crippen LogP) is 3.61. The molecule has 1 aliphatic heterocycles. The summed E-state index contributed by atoms with van der Waals surface area (Å²) in [5.74, 6) is 1.69. The van der Waals surface area contributed by atoms with Crippen LogP contribution in [-0.4, -0.2) is 73.1 Å². The molecule has 168 valence electrons. The lowest BCUT2D eigenvalue weighted by Gasteiger charge is -2.37. The van der Waals surface area contributed by atoms with Crippen LogP contribution in [0.25, 0.3) is 11.1 Å². The van der Waals surface area contributed by atoms with E-state index in [1.807, 2.05) is 68.2 Å². The van der Waals surface area contributed by atoms with E-state index < -0.39 is 0 Å². The molecule has 0 spiro atoms. The Hall–Kier alpha value is -2.67. The number of benzene rings is 1. The van der Waals surface area contributed by atoms with Gasteiger partial charge in [0.1, 0.15) is 5.75 Å². The quantitative estimate of drug-likeness (QED) is 0.644. The predicted molar refractivity (Wildman–Crippen MR) is 124 cm³/mol. The highest BCUT2D eigenvalue weighted by Gasteiger charge is 2.30. The van der Waals surface area contributed by atoms with Crippen molar-refractivity contribution in [1.82, 2.24) is 19.8 Å². The third kappa shape index (κ3) is 5.34. The summed E-state index contributed by atoms with van der Waals surface area (Å²) in [6, 6.07) is 8.10. The molecule has 0 radical (unpaired) electrons. The Morgan fingerprint density at radius 1 is 1.16 bits per heavy atom. The number of aromatic nitrogens is 2. The van der Waals surface area contributed by atoms with Gasteiger partial charge in [-0.25, -0.2) is 9.97 Å². The Balaban J connectivity index is 2.00. The van der Waals surface area contributed by atoms with Gasteiger partial charge in [-0.05, 0) is 50.9 Å². The molecule has 2 aromatic rings. The second-order valence-electron chi connectivity index (χ2n) is 8.14. The van der Waals surface area contributed by atoms with Crippen molar-refractivity contribution in [2.24, 2.45) is 0 Å². The number of rotatable bonds is 8. The van der Waals surface area contributed by atoms with Crippen LogP contribution in [0.4, 0.5) is 5.95 Å². The Bertz CT molecular complexity index is 865. The Morgan fingerprint density at radius 3 is 2.48 bits per heavy atom. The number of likely N-dealkylation sites (N-methyl/N-ethyl adjacent to an activating group) is 1. The van der Waals surface area contributed by atoms with Gasteiger partial charge in [0.05, 0.1) is 25.4 Å². The highest BCUT2D eigenvalue weighted by atomic mass is 16.5. The fraction of sp³-hybridized carbons (Fsp3) is 0.542. The number of methoxy groups -OCH3 is 1. The minimum atomic E-state index is 0.0899. The van der Waals surface area contributed by atoms with E-state index in [2.05, 4.69) is 9.88 Å². The molecule has 1 aromatic heterocycles. The van der Waals surface area contributed by atoms with E-state index in [0.717, 1.165) is 61.5 Å². The van der Waals surface area contributed by atoms with Gasteiger partial charge in [0.2, 0.25) is 11.9 Å². The van der Waals surface area contributed by atoms with E-state index in [1.165, 1.54) is 0 Å². The maximum atomic E-state index is 12.9. The molecule has 0 saturated carbocycles. The molecule has 3 rings (SSSR count). The molecule has 1 saturated heterocycles. The second-order valence-corrected chi connectivity index (χ2v) is 8.14. The summed E-state index contributed by atoms with van der Waals surface area (Å²) in [5.41, 5.74) is 3.07. The number of hydrogen-bond acceptors (Lipinski definition) is 6. The van der Waals surface area contributed by atoms with Crippen molar-refractivity contribution < 1.29 is 9.53 Å². The third-order valence-electron chi connectivity index (χ3n) is 5.99. The number of piperidine rings is 1. The smallest absolute Gasteiger partial charge is 0.236 e. The van der Waals surface area contributed by atoms with E-state index in [-0.39, 0.29) is 11.9 Å². The monoisotopic (exact) mass is 425 g/mol. The topological polar surface area (TPSA) is 61.8 Å². The van der Waals surface area contributed by atoms with Crippen molar-refractivity contribution in [3.63, 3.8) is 0 Å². The fourth-order valence-electron chi connectivity index (χ4n) is 4.19. The zero-order valence-electron chi connectivity index (χ0n) is 19.5. The van der Waals surface area contributed by atoms with Crippen LogP contribution in [0.2, 0.25) is 0 Å². The molecule has 1 atom stereocenters. The minimum absolute atomic E-state index is 0.0899. The van der Waals surface area contributed by atoms with Crippen molar-refractivity contribution >= 4 is 11.9 Å². The first-order valence-corrected chi connectivity index (χ1v) is 11.2. The van der Waals surface area contributed by atoms with Gasteiger partial charge < -0.3 is 14.5 Å². The van der Waals surface area contributed by atoms with Crippen molar-refractivity contribution in [2.45, 2.75) is 39.2 Å². The van der Waals surface area contributed by atoms with E-state index in [4.69, 9.17) is 9.72 Å². The lowest BCUT2D eigenvalue weighted by atomic mass is 9.93. The van der Waals surface area contributed by atoms with Crippen molar-refractivity contribution in [1.29, 1.82) is 0 Å². The summed E-state index contributed by atoms with van der Waals surface area (Å²) in [4.78, 5) is 28.6. The van der Waals surface area contributed by atoms with Gasteiger partial charge in [-0.2, -0.15) is 0 Å². The largest absolute Gasteiger partial charge is 0.497 e. The number of carbonyl (C=O) groups excluding carboxylic acids is 1. The average Bonchev–Trinajstić information content (AvgIpc) is 2.80. The van der Waals surface area contributed by atoms with E-state index in [1.54, 1.807) is 7.11 Å². The van der Waals surface area contributed by atoms with Crippen LogP contribution in [0.1, 0.15) is 44.8 Å². The first-order chi connectivity index (χ1) is 15.0. The van der Waals surface area contributed by atoms with Gasteiger partial charge in [-0.1, -0.05) is 18.6 Å². The van der Waals surface area contributed by atoms with Gasteiger partial charge in [-0.15, -0.1) is 0 Å². The van der Waals surface area contributed by atoms with Crippen LogP contribution < -0.4 is 9.64 Å². The normalized spacial score (nSPS) is 16.7. The standard InChI is InChI=1S/C24H35N5O2/c1-6-28(7-2)22(30)17-29-15-9-8-10-21(29)23-20(16-25-24(26-23)27(3)4)18-11-13-19(31-5)14-12-18/h11-14,16,21H,6-10,15,17H2,1-5H3. The molecule has 0 bridgehead atoms. The van der Waals surface area contributed by atoms with E-state index in [0.29, 0.717) is 12.5 Å². The Kier molecular flexibility index (Phi) is 7.85. The zero-order chi connectivity index (χ0) is 22.4. The van der Waals surface area contributed by atoms with Crippen molar-refractivity contribution in [3.8, 4) is 16.9 Å². The number of amides is 1. The molecule has 0 N–H and O–H groups in total. The van der Waals surface area contributed by atoms with Crippen LogP contribution in [0.3, 0.4) is 0 Å². The third-order valence-corrected chi connectivity index (χ3v) is 5.99. The first kappa shape index (κ1) is 23.0. The number of likely N-dealkylation sites (tertiary alicyclic amines) is 1. The lowest BCUT2D eigenvalue weighted by molar-refractivity contribution is -0.133. The van der Waals surface area contributed by atoms with Gasteiger partial charge in [0.25, 0.3) is 0 Å². The maximum absolute atomic E-state index is 12.9. The Morgan fingerprint density at radius 2 is 1.87 bits per heavy atom. The van der Waals surface area contributed by atoms with Crippen LogP contribution in [0.15, 0.2) is 30.5 Å². The molecule has 1 unspecified atom stereocenters. The van der Waals surface area contributed by atoms with Crippen LogP contribution in [-0.2, 0) is 4.79 Å². The van der Waals surface area contributed by atoms with Gasteiger partial charge in [0, 0.05) is 38.9 Å². The highest BCUT2D eigenvalue weighted by Crippen LogP contribution is 2.36. The summed E-state index contributed by atoms with van der Waals surface area (Å²) in [5, 5.41) is 0. The molecule has 7 heteroatoms. The average molecular weight is 426 g/mol. The molecule has 0 aliphatic carbocycles. The second kappa shape index (κ2) is 10.6. The molecular formula is C24H35N5O2. The highest BCUT2D eigenvalue weighted by molar-refractivity contribution is 5.78. The molecular weight excluding hydrogens is 390 g/mol. The maximum Gasteiger partial charge on any atom is 0.236 e. The SMILES string of the molecule is CCN(CC)C(=O)CN1CCCCC1c1nc(N(C)C)ncc1-c1ccc(OC)cc1. The zero-order valence-corrected chi connectivity index (χ0v) is 19.5. The fourth-order valence-corrected chi connectivity index (χ4v) is 4.19.